The Balaban J connectivity index is 1.94. The molecule has 1 amide bonds. The summed E-state index contributed by atoms with van der Waals surface area (Å²) in [5.74, 6) is -0.183. The minimum absolute atomic E-state index is 0.0318. The van der Waals surface area contributed by atoms with Crippen LogP contribution in [0.4, 0.5) is 11.4 Å². The smallest absolute Gasteiger partial charge is 0.238 e. The third-order valence-corrected chi connectivity index (χ3v) is 3.49. The molecule has 0 spiro atoms. The maximum atomic E-state index is 12.0. The molecule has 1 fully saturated rings. The van der Waals surface area contributed by atoms with Crippen LogP contribution >= 0.6 is 11.6 Å². The van der Waals surface area contributed by atoms with Gasteiger partial charge >= 0.3 is 0 Å². The van der Waals surface area contributed by atoms with Gasteiger partial charge in [-0.2, -0.15) is 0 Å². The number of amides is 1. The summed E-state index contributed by atoms with van der Waals surface area (Å²) in [4.78, 5) is 13.9. The Labute approximate surface area is 122 Å². The number of morpholine rings is 1. The van der Waals surface area contributed by atoms with Crippen molar-refractivity contribution in [3.8, 4) is 0 Å². The van der Waals surface area contributed by atoms with E-state index in [2.05, 4.69) is 5.32 Å². The van der Waals surface area contributed by atoms with Gasteiger partial charge in [0.05, 0.1) is 43.1 Å². The molecule has 1 aromatic rings. The number of hydrogen-bond donors (Lipinski definition) is 3. The van der Waals surface area contributed by atoms with Gasteiger partial charge in [-0.15, -0.1) is 0 Å². The van der Waals surface area contributed by atoms with Crippen LogP contribution in [0.5, 0.6) is 0 Å². The Bertz CT molecular complexity index is 484. The molecule has 7 heteroatoms. The lowest BCUT2D eigenvalue weighted by molar-refractivity contribution is -0.120. The van der Waals surface area contributed by atoms with Gasteiger partial charge in [0.1, 0.15) is 0 Å². The van der Waals surface area contributed by atoms with E-state index in [4.69, 9.17) is 22.1 Å². The van der Waals surface area contributed by atoms with E-state index in [0.29, 0.717) is 36.2 Å². The summed E-state index contributed by atoms with van der Waals surface area (Å²) in [6, 6.07) is 4.78. The van der Waals surface area contributed by atoms with Gasteiger partial charge in [0.2, 0.25) is 5.91 Å². The molecule has 0 bridgehead atoms. The first-order valence-electron chi connectivity index (χ1n) is 6.37. The summed E-state index contributed by atoms with van der Waals surface area (Å²) in [7, 11) is 0. The van der Waals surface area contributed by atoms with E-state index in [9.17, 15) is 9.90 Å². The number of carbonyl (C=O) groups excluding carboxylic acids is 1. The van der Waals surface area contributed by atoms with Crippen LogP contribution in [0, 0.1) is 0 Å². The minimum atomic E-state index is -0.183. The summed E-state index contributed by atoms with van der Waals surface area (Å²) >= 11 is 6.00. The molecule has 0 saturated carbocycles. The molecule has 1 heterocycles. The van der Waals surface area contributed by atoms with Crippen LogP contribution in [0.15, 0.2) is 18.2 Å². The van der Waals surface area contributed by atoms with Crippen molar-refractivity contribution in [2.24, 2.45) is 0 Å². The van der Waals surface area contributed by atoms with Crippen molar-refractivity contribution in [1.29, 1.82) is 0 Å². The van der Waals surface area contributed by atoms with E-state index in [1.54, 1.807) is 18.2 Å². The number of nitrogen functional groups attached to an aromatic ring is 1. The van der Waals surface area contributed by atoms with Crippen molar-refractivity contribution >= 4 is 28.9 Å². The van der Waals surface area contributed by atoms with Crippen molar-refractivity contribution in [2.45, 2.75) is 6.04 Å². The molecule has 4 N–H and O–H groups in total. The standard InChI is InChI=1S/C13H18ClN3O3/c14-11-5-9(15)1-2-12(11)16-13(19)6-17-3-4-20-8-10(17)7-18/h1-2,5,10,18H,3-4,6-8,15H2,(H,16,19). The van der Waals surface area contributed by atoms with E-state index in [1.165, 1.54) is 0 Å². The zero-order chi connectivity index (χ0) is 14.5. The number of aliphatic hydroxyl groups excluding tert-OH is 1. The minimum Gasteiger partial charge on any atom is -0.399 e. The maximum absolute atomic E-state index is 12.0. The van der Waals surface area contributed by atoms with Crippen LogP contribution in [0.2, 0.25) is 5.02 Å². The molecule has 2 rings (SSSR count). The summed E-state index contributed by atoms with van der Waals surface area (Å²) in [6.07, 6.45) is 0. The normalized spacial score (nSPS) is 19.8. The van der Waals surface area contributed by atoms with E-state index >= 15 is 0 Å². The number of nitrogens with two attached hydrogens (primary N) is 1. The highest BCUT2D eigenvalue weighted by Gasteiger charge is 2.24. The van der Waals surface area contributed by atoms with Gasteiger partial charge in [0.15, 0.2) is 0 Å². The van der Waals surface area contributed by atoms with E-state index in [-0.39, 0.29) is 25.1 Å². The van der Waals surface area contributed by atoms with Crippen LogP contribution in [0.1, 0.15) is 0 Å². The largest absolute Gasteiger partial charge is 0.399 e. The number of halogens is 1. The average molecular weight is 300 g/mol. The average Bonchev–Trinajstić information content (AvgIpc) is 2.42. The fourth-order valence-corrected chi connectivity index (χ4v) is 2.31. The summed E-state index contributed by atoms with van der Waals surface area (Å²) in [6.45, 7) is 1.78. The molecule has 0 radical (unpaired) electrons. The lowest BCUT2D eigenvalue weighted by atomic mass is 10.2. The van der Waals surface area contributed by atoms with Crippen molar-refractivity contribution in [3.05, 3.63) is 23.2 Å². The van der Waals surface area contributed by atoms with Gasteiger partial charge in [-0.25, -0.2) is 0 Å². The third kappa shape index (κ3) is 3.83. The van der Waals surface area contributed by atoms with Crippen LogP contribution < -0.4 is 11.1 Å². The summed E-state index contributed by atoms with van der Waals surface area (Å²) < 4.78 is 5.27. The SMILES string of the molecule is Nc1ccc(NC(=O)CN2CCOCC2CO)c(Cl)c1. The Hall–Kier alpha value is -1.34. The first-order chi connectivity index (χ1) is 9.60. The zero-order valence-electron chi connectivity index (χ0n) is 11.0. The van der Waals surface area contributed by atoms with Gasteiger partial charge in [-0.1, -0.05) is 11.6 Å². The lowest BCUT2D eigenvalue weighted by Crippen LogP contribution is -2.50. The molecule has 110 valence electrons. The molecular formula is C13H18ClN3O3. The van der Waals surface area contributed by atoms with E-state index in [1.807, 2.05) is 4.90 Å². The maximum Gasteiger partial charge on any atom is 0.238 e. The number of nitrogens with zero attached hydrogens (tertiary/aromatic N) is 1. The van der Waals surface area contributed by atoms with Crippen molar-refractivity contribution < 1.29 is 14.6 Å². The molecule has 20 heavy (non-hydrogen) atoms. The number of aliphatic hydroxyl groups is 1. The number of benzene rings is 1. The van der Waals surface area contributed by atoms with Gasteiger partial charge in [0, 0.05) is 12.2 Å². The highest BCUT2D eigenvalue weighted by Crippen LogP contribution is 2.24. The van der Waals surface area contributed by atoms with Gasteiger partial charge in [0.25, 0.3) is 0 Å². The molecule has 6 nitrogen and oxygen atoms in total. The van der Waals surface area contributed by atoms with Crippen molar-refractivity contribution in [2.75, 3.05) is 44.0 Å². The quantitative estimate of drug-likeness (QED) is 0.707. The Morgan fingerprint density at radius 2 is 2.40 bits per heavy atom. The van der Waals surface area contributed by atoms with Gasteiger partial charge in [-0.3, -0.25) is 9.69 Å². The molecule has 1 aliphatic heterocycles. The topological polar surface area (TPSA) is 87.8 Å². The van der Waals surface area contributed by atoms with Crippen LogP contribution in [-0.4, -0.2) is 54.9 Å². The summed E-state index contributed by atoms with van der Waals surface area (Å²) in [5, 5.41) is 12.4. The second-order valence-corrected chi connectivity index (χ2v) is 5.08. The number of rotatable bonds is 4. The van der Waals surface area contributed by atoms with Crippen molar-refractivity contribution in [1.82, 2.24) is 4.90 Å². The predicted molar refractivity (Wildman–Crippen MR) is 77.8 cm³/mol. The number of ether oxygens (including phenoxy) is 1. The molecule has 0 aliphatic carbocycles. The summed E-state index contributed by atoms with van der Waals surface area (Å²) in [5.41, 5.74) is 6.67. The highest BCUT2D eigenvalue weighted by atomic mass is 35.5. The first-order valence-corrected chi connectivity index (χ1v) is 6.75. The number of anilines is 2. The van der Waals surface area contributed by atoms with Crippen molar-refractivity contribution in [3.63, 3.8) is 0 Å². The fourth-order valence-electron chi connectivity index (χ4n) is 2.07. The second kappa shape index (κ2) is 6.90. The van der Waals surface area contributed by atoms with Crippen LogP contribution in [0.25, 0.3) is 0 Å². The van der Waals surface area contributed by atoms with Gasteiger partial charge in [-0.05, 0) is 18.2 Å². The van der Waals surface area contributed by atoms with E-state index < -0.39 is 0 Å². The Morgan fingerprint density at radius 1 is 1.60 bits per heavy atom. The molecule has 1 aromatic carbocycles. The number of carbonyl (C=O) groups is 1. The Morgan fingerprint density at radius 3 is 3.10 bits per heavy atom. The second-order valence-electron chi connectivity index (χ2n) is 4.67. The third-order valence-electron chi connectivity index (χ3n) is 3.17. The Kier molecular flexibility index (Phi) is 5.19. The van der Waals surface area contributed by atoms with Crippen LogP contribution in [0.3, 0.4) is 0 Å². The molecule has 0 aromatic heterocycles. The van der Waals surface area contributed by atoms with Gasteiger partial charge < -0.3 is 20.9 Å². The van der Waals surface area contributed by atoms with Crippen LogP contribution in [-0.2, 0) is 9.53 Å². The predicted octanol–water partition coefficient (Wildman–Crippen LogP) is 0.554. The molecule has 1 unspecified atom stereocenters. The zero-order valence-corrected chi connectivity index (χ0v) is 11.8. The van der Waals surface area contributed by atoms with E-state index in [0.717, 1.165) is 0 Å². The lowest BCUT2D eigenvalue weighted by Gasteiger charge is -2.33. The fraction of sp³-hybridized carbons (Fsp3) is 0.462. The monoisotopic (exact) mass is 299 g/mol. The highest BCUT2D eigenvalue weighted by molar-refractivity contribution is 6.34. The number of hydrogen-bond acceptors (Lipinski definition) is 5. The number of nitrogens with one attached hydrogen (secondary N) is 1. The molecular weight excluding hydrogens is 282 g/mol. The molecule has 1 atom stereocenters. The molecule has 1 saturated heterocycles. The molecule has 1 aliphatic rings. The first kappa shape index (κ1) is 15.1.